The minimum Gasteiger partial charge on any atom is -0.384 e. The van der Waals surface area contributed by atoms with Crippen LogP contribution in [0.2, 0.25) is 0 Å². The number of nitrogens with two attached hydrogens (primary N) is 1. The lowest BCUT2D eigenvalue weighted by molar-refractivity contribution is 0.620. The van der Waals surface area contributed by atoms with Gasteiger partial charge in [0.25, 0.3) is 0 Å². The fourth-order valence-electron chi connectivity index (χ4n) is 0.712. The zero-order chi connectivity index (χ0) is 8.43. The lowest BCUT2D eigenvalue weighted by Gasteiger charge is -2.01. The second-order valence-corrected chi connectivity index (χ2v) is 2.81. The summed E-state index contributed by atoms with van der Waals surface area (Å²) in [7, 11) is 0. The van der Waals surface area contributed by atoms with Crippen LogP contribution in [0.1, 0.15) is 5.56 Å². The number of rotatable bonds is 1. The summed E-state index contributed by atoms with van der Waals surface area (Å²) in [4.78, 5) is 0. The summed E-state index contributed by atoms with van der Waals surface area (Å²) in [5.74, 6) is -0.547. The summed E-state index contributed by atoms with van der Waals surface area (Å²) in [5, 5.41) is 7.05. The molecule has 0 aliphatic heterocycles. The Morgan fingerprint density at radius 1 is 1.55 bits per heavy atom. The Morgan fingerprint density at radius 2 is 2.18 bits per heavy atom. The summed E-state index contributed by atoms with van der Waals surface area (Å²) in [6.07, 6.45) is 0. The monoisotopic (exact) mass is 216 g/mol. The molecule has 0 aliphatic carbocycles. The highest BCUT2D eigenvalue weighted by Gasteiger charge is 2.05. The molecular formula is C7H6BrFN2. The van der Waals surface area contributed by atoms with Crippen LogP contribution >= 0.6 is 15.9 Å². The summed E-state index contributed by atoms with van der Waals surface area (Å²) in [6, 6.07) is 4.39. The normalized spacial score (nSPS) is 9.64. The molecule has 1 aromatic carbocycles. The minimum atomic E-state index is -0.405. The van der Waals surface area contributed by atoms with Crippen LogP contribution in [-0.2, 0) is 0 Å². The largest absolute Gasteiger partial charge is 0.384 e. The van der Waals surface area contributed by atoms with Crippen LogP contribution in [-0.4, -0.2) is 5.84 Å². The van der Waals surface area contributed by atoms with E-state index >= 15 is 0 Å². The molecule has 0 aliphatic rings. The number of benzene rings is 1. The third kappa shape index (κ3) is 1.57. The quantitative estimate of drug-likeness (QED) is 0.547. The predicted octanol–water partition coefficient (Wildman–Crippen LogP) is 1.87. The maximum atomic E-state index is 12.7. The van der Waals surface area contributed by atoms with E-state index in [1.54, 1.807) is 6.07 Å². The molecule has 0 radical (unpaired) electrons. The van der Waals surface area contributed by atoms with Crippen LogP contribution in [0.15, 0.2) is 22.7 Å². The molecule has 0 spiro atoms. The van der Waals surface area contributed by atoms with Gasteiger partial charge in [-0.05, 0) is 28.1 Å². The molecule has 0 atom stereocenters. The Morgan fingerprint density at radius 3 is 2.64 bits per heavy atom. The lowest BCUT2D eigenvalue weighted by atomic mass is 10.2. The zero-order valence-electron chi connectivity index (χ0n) is 5.57. The van der Waals surface area contributed by atoms with Crippen molar-refractivity contribution in [3.63, 3.8) is 0 Å². The average Bonchev–Trinajstić information content (AvgIpc) is 1.94. The molecule has 4 heteroatoms. The molecule has 1 aromatic rings. The van der Waals surface area contributed by atoms with Crippen LogP contribution in [0.5, 0.6) is 0 Å². The molecule has 58 valence electrons. The molecule has 0 saturated heterocycles. The third-order valence-corrected chi connectivity index (χ3v) is 2.05. The van der Waals surface area contributed by atoms with E-state index in [-0.39, 0.29) is 10.3 Å². The molecule has 0 saturated carbocycles. The van der Waals surface area contributed by atoms with Gasteiger partial charge in [-0.1, -0.05) is 6.07 Å². The Kier molecular flexibility index (Phi) is 2.24. The standard InChI is InChI=1S/C7H6BrFN2/c8-6-4(7(10)11)2-1-3-5(6)9/h1-3H,(H3,10,11). The van der Waals surface area contributed by atoms with E-state index in [2.05, 4.69) is 15.9 Å². The van der Waals surface area contributed by atoms with Crippen LogP contribution < -0.4 is 5.73 Å². The molecule has 0 fully saturated rings. The van der Waals surface area contributed by atoms with E-state index in [0.29, 0.717) is 5.56 Å². The van der Waals surface area contributed by atoms with Crippen molar-refractivity contribution >= 4 is 21.8 Å². The molecule has 0 amide bonds. The second kappa shape index (κ2) is 3.00. The number of nitrogens with one attached hydrogen (secondary N) is 1. The Bertz CT molecular complexity index is 298. The molecule has 0 unspecified atom stereocenters. The highest BCUT2D eigenvalue weighted by atomic mass is 79.9. The van der Waals surface area contributed by atoms with Crippen molar-refractivity contribution < 1.29 is 4.39 Å². The fourth-order valence-corrected chi connectivity index (χ4v) is 1.19. The molecule has 2 nitrogen and oxygen atoms in total. The molecule has 11 heavy (non-hydrogen) atoms. The van der Waals surface area contributed by atoms with Crippen LogP contribution in [0.3, 0.4) is 0 Å². The SMILES string of the molecule is N=C(N)c1cccc(F)c1Br. The lowest BCUT2D eigenvalue weighted by Crippen LogP contribution is -2.12. The molecule has 0 bridgehead atoms. The van der Waals surface area contributed by atoms with Crippen molar-refractivity contribution in [1.82, 2.24) is 0 Å². The maximum absolute atomic E-state index is 12.7. The average molecular weight is 217 g/mol. The van der Waals surface area contributed by atoms with Gasteiger partial charge in [0, 0.05) is 5.56 Å². The van der Waals surface area contributed by atoms with E-state index < -0.39 is 5.82 Å². The second-order valence-electron chi connectivity index (χ2n) is 2.02. The Balaban J connectivity index is 3.27. The number of hydrogen-bond acceptors (Lipinski definition) is 1. The minimum absolute atomic E-state index is 0.142. The molecule has 0 heterocycles. The van der Waals surface area contributed by atoms with Crippen molar-refractivity contribution in [2.45, 2.75) is 0 Å². The molecule has 1 rings (SSSR count). The molecule has 0 aromatic heterocycles. The van der Waals surface area contributed by atoms with Gasteiger partial charge >= 0.3 is 0 Å². The van der Waals surface area contributed by atoms with Gasteiger partial charge in [0.2, 0.25) is 0 Å². The van der Waals surface area contributed by atoms with Crippen molar-refractivity contribution in [1.29, 1.82) is 5.41 Å². The van der Waals surface area contributed by atoms with E-state index in [0.717, 1.165) is 0 Å². The van der Waals surface area contributed by atoms with Gasteiger partial charge in [-0.15, -0.1) is 0 Å². The highest BCUT2D eigenvalue weighted by Crippen LogP contribution is 2.19. The number of nitrogen functional groups attached to an aromatic ring is 1. The van der Waals surface area contributed by atoms with Gasteiger partial charge in [-0.3, -0.25) is 5.41 Å². The molecule has 3 N–H and O–H groups in total. The summed E-state index contributed by atoms with van der Waals surface area (Å²) >= 11 is 2.98. The van der Waals surface area contributed by atoms with Gasteiger partial charge in [0.05, 0.1) is 4.47 Å². The first kappa shape index (κ1) is 8.20. The highest BCUT2D eigenvalue weighted by molar-refractivity contribution is 9.10. The van der Waals surface area contributed by atoms with Gasteiger partial charge in [0.1, 0.15) is 11.7 Å². The van der Waals surface area contributed by atoms with Gasteiger partial charge in [0.15, 0.2) is 0 Å². The van der Waals surface area contributed by atoms with Crippen LogP contribution in [0.25, 0.3) is 0 Å². The van der Waals surface area contributed by atoms with E-state index in [1.807, 2.05) is 0 Å². The van der Waals surface area contributed by atoms with E-state index in [4.69, 9.17) is 11.1 Å². The number of hydrogen-bond donors (Lipinski definition) is 2. The topological polar surface area (TPSA) is 49.9 Å². The number of halogens is 2. The smallest absolute Gasteiger partial charge is 0.138 e. The van der Waals surface area contributed by atoms with Gasteiger partial charge in [-0.2, -0.15) is 0 Å². The third-order valence-electron chi connectivity index (χ3n) is 1.24. The van der Waals surface area contributed by atoms with Crippen LogP contribution in [0, 0.1) is 11.2 Å². The van der Waals surface area contributed by atoms with Gasteiger partial charge in [-0.25, -0.2) is 4.39 Å². The first-order valence-corrected chi connectivity index (χ1v) is 3.70. The Hall–Kier alpha value is -0.900. The number of amidine groups is 1. The van der Waals surface area contributed by atoms with Crippen molar-refractivity contribution in [2.75, 3.05) is 0 Å². The van der Waals surface area contributed by atoms with Crippen LogP contribution in [0.4, 0.5) is 4.39 Å². The fraction of sp³-hybridized carbons (Fsp3) is 0. The van der Waals surface area contributed by atoms with Crippen molar-refractivity contribution in [3.05, 3.63) is 34.1 Å². The maximum Gasteiger partial charge on any atom is 0.138 e. The Labute approximate surface area is 71.9 Å². The van der Waals surface area contributed by atoms with E-state index in [9.17, 15) is 4.39 Å². The predicted molar refractivity (Wildman–Crippen MR) is 45.1 cm³/mol. The molecular weight excluding hydrogens is 211 g/mol. The summed E-state index contributed by atoms with van der Waals surface area (Å²) in [5.41, 5.74) is 5.55. The first-order chi connectivity index (χ1) is 5.13. The van der Waals surface area contributed by atoms with Crippen molar-refractivity contribution in [2.24, 2.45) is 5.73 Å². The van der Waals surface area contributed by atoms with Gasteiger partial charge < -0.3 is 5.73 Å². The van der Waals surface area contributed by atoms with Crippen molar-refractivity contribution in [3.8, 4) is 0 Å². The summed E-state index contributed by atoms with van der Waals surface area (Å²) < 4.78 is 13.0. The summed E-state index contributed by atoms with van der Waals surface area (Å²) in [6.45, 7) is 0. The zero-order valence-corrected chi connectivity index (χ0v) is 7.15. The van der Waals surface area contributed by atoms with E-state index in [1.165, 1.54) is 12.1 Å². The first-order valence-electron chi connectivity index (χ1n) is 2.91.